The summed E-state index contributed by atoms with van der Waals surface area (Å²) in [6.07, 6.45) is 0. The Balaban J connectivity index is 1.47. The van der Waals surface area contributed by atoms with Crippen LogP contribution >= 0.6 is 0 Å². The summed E-state index contributed by atoms with van der Waals surface area (Å²) >= 11 is 0. The Bertz CT molecular complexity index is 1780. The van der Waals surface area contributed by atoms with Crippen LogP contribution in [0.15, 0.2) is 100 Å². The van der Waals surface area contributed by atoms with E-state index in [2.05, 4.69) is 0 Å². The largest absolute Gasteiger partial charge is 0.493 e. The van der Waals surface area contributed by atoms with Crippen molar-refractivity contribution in [1.29, 1.82) is 0 Å². The molecule has 6 nitrogen and oxygen atoms in total. The molecule has 4 aromatic carbocycles. The topological polar surface area (TPSA) is 69.0 Å². The highest BCUT2D eigenvalue weighted by Gasteiger charge is 2.43. The van der Waals surface area contributed by atoms with E-state index in [1.54, 1.807) is 12.0 Å². The summed E-state index contributed by atoms with van der Waals surface area (Å²) in [4.78, 5) is 29.6. The van der Waals surface area contributed by atoms with Crippen LogP contribution in [0.1, 0.15) is 50.0 Å². The van der Waals surface area contributed by atoms with Crippen LogP contribution in [0.4, 0.5) is 0 Å². The standard InChI is InChI=1S/C34H29NO5/c1-21-16-22(2)29-28(17-21)40-33-30(32(29)36)31(35(34(33)37)19-23-10-6-4-7-11-23)25-14-15-26(27(18-25)38-3)39-20-24-12-8-5-9-13-24/h4-18,31H,19-20H2,1-3H3. The molecule has 0 saturated carbocycles. The Hall–Kier alpha value is -4.84. The molecule has 6 heteroatoms. The molecular weight excluding hydrogens is 502 g/mol. The van der Waals surface area contributed by atoms with Gasteiger partial charge in [0.2, 0.25) is 5.76 Å². The van der Waals surface area contributed by atoms with Gasteiger partial charge in [0.05, 0.1) is 24.1 Å². The highest BCUT2D eigenvalue weighted by atomic mass is 16.5. The van der Waals surface area contributed by atoms with Gasteiger partial charge >= 0.3 is 0 Å². The molecule has 0 aliphatic carbocycles. The zero-order valence-corrected chi connectivity index (χ0v) is 22.6. The van der Waals surface area contributed by atoms with E-state index in [1.807, 2.05) is 105 Å². The molecule has 1 atom stereocenters. The van der Waals surface area contributed by atoms with Gasteiger partial charge in [0, 0.05) is 6.54 Å². The summed E-state index contributed by atoms with van der Waals surface area (Å²) < 4.78 is 18.0. The molecule has 1 unspecified atom stereocenters. The van der Waals surface area contributed by atoms with E-state index in [4.69, 9.17) is 13.9 Å². The minimum atomic E-state index is -0.652. The quantitative estimate of drug-likeness (QED) is 0.233. The SMILES string of the molecule is COc1cc(C2c3c(oc4cc(C)cc(C)c4c3=O)C(=O)N2Cc2ccccc2)ccc1OCc1ccccc1. The lowest BCUT2D eigenvalue weighted by atomic mass is 9.96. The molecule has 0 bridgehead atoms. The van der Waals surface area contributed by atoms with E-state index in [1.165, 1.54) is 0 Å². The Kier molecular flexibility index (Phi) is 6.60. The van der Waals surface area contributed by atoms with Gasteiger partial charge in [0.25, 0.3) is 5.91 Å². The predicted molar refractivity (Wildman–Crippen MR) is 154 cm³/mol. The third kappa shape index (κ3) is 4.51. The lowest BCUT2D eigenvalue weighted by molar-refractivity contribution is 0.0714. The number of fused-ring (bicyclic) bond motifs is 2. The minimum Gasteiger partial charge on any atom is -0.493 e. The van der Waals surface area contributed by atoms with Gasteiger partial charge in [0.1, 0.15) is 12.2 Å². The van der Waals surface area contributed by atoms with E-state index in [0.717, 1.165) is 27.8 Å². The summed E-state index contributed by atoms with van der Waals surface area (Å²) in [5.41, 5.74) is 5.10. The molecule has 0 saturated heterocycles. The van der Waals surface area contributed by atoms with Crippen molar-refractivity contribution >= 4 is 16.9 Å². The first-order chi connectivity index (χ1) is 19.4. The first-order valence-electron chi connectivity index (χ1n) is 13.2. The first kappa shape index (κ1) is 25.4. The third-order valence-electron chi connectivity index (χ3n) is 7.35. The second kappa shape index (κ2) is 10.4. The van der Waals surface area contributed by atoms with Gasteiger partial charge in [-0.05, 0) is 59.9 Å². The predicted octanol–water partition coefficient (Wildman–Crippen LogP) is 6.74. The Morgan fingerprint density at radius 3 is 2.23 bits per heavy atom. The van der Waals surface area contributed by atoms with E-state index in [-0.39, 0.29) is 17.1 Å². The Morgan fingerprint density at radius 2 is 1.52 bits per heavy atom. The van der Waals surface area contributed by atoms with Gasteiger partial charge in [-0.2, -0.15) is 0 Å². The van der Waals surface area contributed by atoms with Gasteiger partial charge in [-0.25, -0.2) is 0 Å². The van der Waals surface area contributed by atoms with Crippen LogP contribution in [-0.2, 0) is 13.2 Å². The molecule has 1 amide bonds. The molecule has 0 fully saturated rings. The monoisotopic (exact) mass is 531 g/mol. The number of aryl methyl sites for hydroxylation is 2. The molecule has 0 spiro atoms. The number of ether oxygens (including phenoxy) is 2. The summed E-state index contributed by atoms with van der Waals surface area (Å²) in [6, 6.07) is 28.3. The molecule has 1 aliphatic heterocycles. The number of amides is 1. The second-order valence-corrected chi connectivity index (χ2v) is 10.1. The van der Waals surface area contributed by atoms with Gasteiger partial charge in [0.15, 0.2) is 16.9 Å². The van der Waals surface area contributed by atoms with Crippen molar-refractivity contribution in [3.8, 4) is 11.5 Å². The van der Waals surface area contributed by atoms with Crippen LogP contribution in [0.2, 0.25) is 0 Å². The molecule has 40 heavy (non-hydrogen) atoms. The van der Waals surface area contributed by atoms with Crippen molar-refractivity contribution in [2.45, 2.75) is 33.0 Å². The number of methoxy groups -OCH3 is 1. The van der Waals surface area contributed by atoms with E-state index in [9.17, 15) is 9.59 Å². The number of benzene rings is 4. The maximum absolute atomic E-state index is 14.1. The lowest BCUT2D eigenvalue weighted by Gasteiger charge is -2.26. The molecule has 0 N–H and O–H groups in total. The average Bonchev–Trinajstić information content (AvgIpc) is 3.23. The van der Waals surface area contributed by atoms with E-state index in [0.29, 0.717) is 41.2 Å². The van der Waals surface area contributed by atoms with Crippen molar-refractivity contribution in [2.24, 2.45) is 0 Å². The highest BCUT2D eigenvalue weighted by molar-refractivity contribution is 5.99. The zero-order valence-electron chi connectivity index (χ0n) is 22.6. The third-order valence-corrected chi connectivity index (χ3v) is 7.35. The van der Waals surface area contributed by atoms with Crippen LogP contribution < -0.4 is 14.9 Å². The molecule has 0 radical (unpaired) electrons. The fourth-order valence-electron chi connectivity index (χ4n) is 5.51. The molecule has 5 aromatic rings. The molecule has 200 valence electrons. The van der Waals surface area contributed by atoms with Gasteiger partial charge < -0.3 is 18.8 Å². The maximum Gasteiger partial charge on any atom is 0.291 e. The zero-order chi connectivity index (χ0) is 27.8. The van der Waals surface area contributed by atoms with Crippen molar-refractivity contribution in [1.82, 2.24) is 4.90 Å². The van der Waals surface area contributed by atoms with Crippen molar-refractivity contribution < 1.29 is 18.7 Å². The van der Waals surface area contributed by atoms with Crippen LogP contribution in [0.5, 0.6) is 11.5 Å². The smallest absolute Gasteiger partial charge is 0.291 e. The van der Waals surface area contributed by atoms with Crippen LogP contribution in [0.3, 0.4) is 0 Å². The summed E-state index contributed by atoms with van der Waals surface area (Å²) in [5.74, 6) is 0.870. The number of hydrogen-bond acceptors (Lipinski definition) is 5. The number of nitrogens with zero attached hydrogens (tertiary/aromatic N) is 1. The number of carbonyl (C=O) groups excluding carboxylic acids is 1. The van der Waals surface area contributed by atoms with Crippen LogP contribution in [-0.4, -0.2) is 17.9 Å². The number of rotatable bonds is 7. The summed E-state index contributed by atoms with van der Waals surface area (Å²) in [7, 11) is 1.58. The van der Waals surface area contributed by atoms with Crippen LogP contribution in [0.25, 0.3) is 11.0 Å². The minimum absolute atomic E-state index is 0.0896. The number of hydrogen-bond donors (Lipinski definition) is 0. The Labute approximate surface area is 232 Å². The van der Waals surface area contributed by atoms with Crippen molar-refractivity contribution in [3.63, 3.8) is 0 Å². The highest BCUT2D eigenvalue weighted by Crippen LogP contribution is 2.42. The average molecular weight is 532 g/mol. The van der Waals surface area contributed by atoms with E-state index >= 15 is 0 Å². The van der Waals surface area contributed by atoms with Gasteiger partial charge in [-0.3, -0.25) is 9.59 Å². The fraction of sp³-hybridized carbons (Fsp3) is 0.176. The molecule has 6 rings (SSSR count). The summed E-state index contributed by atoms with van der Waals surface area (Å²) in [5, 5.41) is 0.499. The number of carbonyl (C=O) groups is 1. The first-order valence-corrected chi connectivity index (χ1v) is 13.2. The fourth-order valence-corrected chi connectivity index (χ4v) is 5.51. The van der Waals surface area contributed by atoms with Crippen molar-refractivity contribution in [3.05, 3.63) is 140 Å². The Morgan fingerprint density at radius 1 is 0.825 bits per heavy atom. The normalized spacial score (nSPS) is 14.4. The van der Waals surface area contributed by atoms with Gasteiger partial charge in [-0.1, -0.05) is 72.8 Å². The van der Waals surface area contributed by atoms with Crippen molar-refractivity contribution in [2.75, 3.05) is 7.11 Å². The molecule has 1 aromatic heterocycles. The van der Waals surface area contributed by atoms with Crippen LogP contribution in [0, 0.1) is 13.8 Å². The molecule has 2 heterocycles. The second-order valence-electron chi connectivity index (χ2n) is 10.1. The molecular formula is C34H29NO5. The summed E-state index contributed by atoms with van der Waals surface area (Å²) in [6.45, 7) is 4.54. The maximum atomic E-state index is 14.1. The lowest BCUT2D eigenvalue weighted by Crippen LogP contribution is -2.29. The molecule has 1 aliphatic rings. The van der Waals surface area contributed by atoms with E-state index < -0.39 is 6.04 Å². The van der Waals surface area contributed by atoms with Gasteiger partial charge in [-0.15, -0.1) is 0 Å².